The van der Waals surface area contributed by atoms with Gasteiger partial charge in [0.1, 0.15) is 11.5 Å². The van der Waals surface area contributed by atoms with Crippen molar-refractivity contribution in [2.24, 2.45) is 4.99 Å². The molecule has 0 fully saturated rings. The Morgan fingerprint density at radius 3 is 2.67 bits per heavy atom. The number of ether oxygens (including phenoxy) is 1. The van der Waals surface area contributed by atoms with Gasteiger partial charge in [-0.1, -0.05) is 37.6 Å². The van der Waals surface area contributed by atoms with E-state index in [1.54, 1.807) is 6.34 Å². The van der Waals surface area contributed by atoms with Crippen LogP contribution in [0.1, 0.15) is 37.8 Å². The van der Waals surface area contributed by atoms with E-state index in [0.29, 0.717) is 10.9 Å². The van der Waals surface area contributed by atoms with Crippen LogP contribution in [0.4, 0.5) is 5.69 Å². The fraction of sp³-hybridized carbons (Fsp3) is 0.350. The highest BCUT2D eigenvalue weighted by Crippen LogP contribution is 2.35. The maximum absolute atomic E-state index is 6.36. The summed E-state index contributed by atoms with van der Waals surface area (Å²) in [6, 6.07) is 11.9. The first kappa shape index (κ1) is 18.3. The van der Waals surface area contributed by atoms with Gasteiger partial charge in [0.2, 0.25) is 0 Å². The maximum atomic E-state index is 6.36. The molecule has 2 aromatic carbocycles. The topological polar surface area (TPSA) is 24.8 Å². The standard InChI is InChI=1S/C20H25ClN2O/c1-6-23(5)13-22-19-10-15(4)20(12-18(19)21)24-17-9-7-8-16(11-17)14(2)3/h7-14H,6H2,1-5H3/b22-13+. The first-order valence-corrected chi connectivity index (χ1v) is 8.61. The van der Waals surface area contributed by atoms with Gasteiger partial charge in [0.25, 0.3) is 0 Å². The van der Waals surface area contributed by atoms with Crippen molar-refractivity contribution in [3.8, 4) is 11.5 Å². The van der Waals surface area contributed by atoms with E-state index < -0.39 is 0 Å². The van der Waals surface area contributed by atoms with Gasteiger partial charge in [0, 0.05) is 19.7 Å². The van der Waals surface area contributed by atoms with Crippen LogP contribution in [-0.4, -0.2) is 24.8 Å². The van der Waals surface area contributed by atoms with E-state index in [9.17, 15) is 0 Å². The molecule has 0 aliphatic rings. The van der Waals surface area contributed by atoms with Gasteiger partial charge in [-0.2, -0.15) is 0 Å². The molecule has 0 saturated heterocycles. The molecule has 0 bridgehead atoms. The Bertz CT molecular complexity index is 726. The third kappa shape index (κ3) is 4.75. The molecule has 0 saturated carbocycles. The third-order valence-corrected chi connectivity index (χ3v) is 4.19. The minimum absolute atomic E-state index is 0.463. The van der Waals surface area contributed by atoms with Crippen molar-refractivity contribution in [1.29, 1.82) is 0 Å². The van der Waals surface area contributed by atoms with Crippen LogP contribution in [0.2, 0.25) is 5.02 Å². The van der Waals surface area contributed by atoms with Crippen molar-refractivity contribution in [1.82, 2.24) is 4.90 Å². The summed E-state index contributed by atoms with van der Waals surface area (Å²) in [6.45, 7) is 9.30. The zero-order valence-electron chi connectivity index (χ0n) is 15.0. The molecule has 3 nitrogen and oxygen atoms in total. The summed E-state index contributed by atoms with van der Waals surface area (Å²) in [5, 5.41) is 0.580. The Kier molecular flexibility index (Phi) is 6.27. The number of benzene rings is 2. The molecular weight excluding hydrogens is 320 g/mol. The van der Waals surface area contributed by atoms with Crippen LogP contribution < -0.4 is 4.74 Å². The lowest BCUT2D eigenvalue weighted by atomic mass is 10.0. The highest BCUT2D eigenvalue weighted by molar-refractivity contribution is 6.33. The molecule has 128 valence electrons. The summed E-state index contributed by atoms with van der Waals surface area (Å²) < 4.78 is 6.04. The van der Waals surface area contributed by atoms with E-state index in [4.69, 9.17) is 16.3 Å². The van der Waals surface area contributed by atoms with Gasteiger partial charge >= 0.3 is 0 Å². The molecule has 0 aliphatic carbocycles. The predicted octanol–water partition coefficient (Wildman–Crippen LogP) is 6.18. The van der Waals surface area contributed by atoms with Gasteiger partial charge in [0.05, 0.1) is 17.0 Å². The van der Waals surface area contributed by atoms with E-state index in [-0.39, 0.29) is 0 Å². The van der Waals surface area contributed by atoms with Gasteiger partial charge in [-0.3, -0.25) is 0 Å². The second kappa shape index (κ2) is 8.20. The third-order valence-electron chi connectivity index (χ3n) is 3.89. The average Bonchev–Trinajstić information content (AvgIpc) is 2.56. The van der Waals surface area contributed by atoms with E-state index >= 15 is 0 Å². The molecule has 0 spiro atoms. The molecule has 4 heteroatoms. The van der Waals surface area contributed by atoms with Crippen molar-refractivity contribution in [2.75, 3.05) is 13.6 Å². The molecule has 0 radical (unpaired) electrons. The Morgan fingerprint density at radius 1 is 1.25 bits per heavy atom. The molecule has 0 atom stereocenters. The van der Waals surface area contributed by atoms with Crippen LogP contribution in [-0.2, 0) is 0 Å². The molecule has 24 heavy (non-hydrogen) atoms. The molecule has 0 unspecified atom stereocenters. The molecule has 2 rings (SSSR count). The van der Waals surface area contributed by atoms with Gasteiger partial charge in [-0.25, -0.2) is 4.99 Å². The first-order chi connectivity index (χ1) is 11.4. The summed E-state index contributed by atoms with van der Waals surface area (Å²) in [5.74, 6) is 2.04. The van der Waals surface area contributed by atoms with Crippen LogP contribution in [0.25, 0.3) is 0 Å². The molecule has 0 N–H and O–H groups in total. The smallest absolute Gasteiger partial charge is 0.131 e. The van der Waals surface area contributed by atoms with Crippen LogP contribution in [0.3, 0.4) is 0 Å². The summed E-state index contributed by atoms with van der Waals surface area (Å²) in [7, 11) is 1.98. The van der Waals surface area contributed by atoms with E-state index in [1.165, 1.54) is 5.56 Å². The van der Waals surface area contributed by atoms with Crippen molar-refractivity contribution in [3.05, 3.63) is 52.5 Å². The number of aryl methyl sites for hydroxylation is 1. The Balaban J connectivity index is 2.24. The SMILES string of the molecule is CCN(C)/C=N/c1cc(C)c(Oc2cccc(C(C)C)c2)cc1Cl. The molecule has 0 amide bonds. The lowest BCUT2D eigenvalue weighted by Gasteiger charge is -2.13. The van der Waals surface area contributed by atoms with Gasteiger partial charge in [-0.15, -0.1) is 0 Å². The monoisotopic (exact) mass is 344 g/mol. The van der Waals surface area contributed by atoms with Crippen LogP contribution in [0.15, 0.2) is 41.4 Å². The van der Waals surface area contributed by atoms with Gasteiger partial charge in [0.15, 0.2) is 0 Å². The highest BCUT2D eigenvalue weighted by Gasteiger charge is 2.09. The molecule has 0 heterocycles. The van der Waals surface area contributed by atoms with E-state index in [1.807, 2.05) is 43.1 Å². The number of nitrogens with zero attached hydrogens (tertiary/aromatic N) is 2. The lowest BCUT2D eigenvalue weighted by Crippen LogP contribution is -2.14. The molecule has 2 aromatic rings. The number of hydrogen-bond acceptors (Lipinski definition) is 2. The van der Waals surface area contributed by atoms with Crippen molar-refractivity contribution in [3.63, 3.8) is 0 Å². The molecular formula is C20H25ClN2O. The summed E-state index contributed by atoms with van der Waals surface area (Å²) >= 11 is 6.36. The second-order valence-corrected chi connectivity index (χ2v) is 6.62. The Labute approximate surface area is 149 Å². The minimum atomic E-state index is 0.463. The van der Waals surface area contributed by atoms with Gasteiger partial charge in [-0.05, 0) is 49.1 Å². The normalized spacial score (nSPS) is 11.3. The number of halogens is 1. The summed E-state index contributed by atoms with van der Waals surface area (Å²) in [6.07, 6.45) is 1.79. The highest BCUT2D eigenvalue weighted by atomic mass is 35.5. The van der Waals surface area contributed by atoms with Crippen LogP contribution in [0, 0.1) is 6.92 Å². The van der Waals surface area contributed by atoms with Gasteiger partial charge < -0.3 is 9.64 Å². The van der Waals surface area contributed by atoms with Crippen LogP contribution >= 0.6 is 11.6 Å². The maximum Gasteiger partial charge on any atom is 0.131 e. The minimum Gasteiger partial charge on any atom is -0.457 e. The Morgan fingerprint density at radius 2 is 2.00 bits per heavy atom. The first-order valence-electron chi connectivity index (χ1n) is 8.23. The second-order valence-electron chi connectivity index (χ2n) is 6.22. The average molecular weight is 345 g/mol. The number of aliphatic imine (C=N–C) groups is 1. The van der Waals surface area contributed by atoms with Crippen molar-refractivity contribution in [2.45, 2.75) is 33.6 Å². The van der Waals surface area contributed by atoms with Crippen molar-refractivity contribution >= 4 is 23.6 Å². The zero-order chi connectivity index (χ0) is 17.7. The van der Waals surface area contributed by atoms with Crippen molar-refractivity contribution < 1.29 is 4.74 Å². The quantitative estimate of drug-likeness (QED) is 0.462. The number of rotatable bonds is 6. The largest absolute Gasteiger partial charge is 0.457 e. The molecule has 0 aliphatic heterocycles. The summed E-state index contributed by atoms with van der Waals surface area (Å²) in [5.41, 5.74) is 3.00. The Hall–Kier alpha value is -2.00. The molecule has 0 aromatic heterocycles. The van der Waals surface area contributed by atoms with E-state index in [0.717, 1.165) is 29.3 Å². The predicted molar refractivity (Wildman–Crippen MR) is 103 cm³/mol. The zero-order valence-corrected chi connectivity index (χ0v) is 15.8. The van der Waals surface area contributed by atoms with Crippen LogP contribution in [0.5, 0.6) is 11.5 Å². The summed E-state index contributed by atoms with van der Waals surface area (Å²) in [4.78, 5) is 6.43. The van der Waals surface area contributed by atoms with E-state index in [2.05, 4.69) is 37.9 Å². The lowest BCUT2D eigenvalue weighted by molar-refractivity contribution is 0.478. The fourth-order valence-corrected chi connectivity index (χ4v) is 2.37. The fourth-order valence-electron chi connectivity index (χ4n) is 2.16. The number of hydrogen-bond donors (Lipinski definition) is 0.